The molecule has 0 aromatic rings. The monoisotopic (exact) mass is 266 g/mol. The van der Waals surface area contributed by atoms with E-state index < -0.39 is 10.2 Å². The van der Waals surface area contributed by atoms with Crippen LogP contribution in [0.5, 0.6) is 0 Å². The summed E-state index contributed by atoms with van der Waals surface area (Å²) in [4.78, 5) is 1.95. The van der Waals surface area contributed by atoms with E-state index in [4.69, 9.17) is 0 Å². The molecule has 0 radical (unpaired) electrons. The minimum atomic E-state index is -3.36. The number of hydrogen-bond acceptors (Lipinski definition) is 4. The van der Waals surface area contributed by atoms with E-state index >= 15 is 0 Å². The topological polar surface area (TPSA) is 64.7 Å². The molecular weight excluding hydrogens is 240 g/mol. The second kappa shape index (κ2) is 7.99. The van der Waals surface area contributed by atoms with Crippen molar-refractivity contribution in [3.8, 4) is 0 Å². The fourth-order valence-electron chi connectivity index (χ4n) is 1.53. The Kier molecular flexibility index (Phi) is 7.89. The predicted octanol–water partition coefficient (Wildman–Crippen LogP) is -0.688. The summed E-state index contributed by atoms with van der Waals surface area (Å²) in [5, 5.41) is 2.99. The molecule has 0 amide bonds. The zero-order valence-corrected chi connectivity index (χ0v) is 12.3. The average Bonchev–Trinajstić information content (AvgIpc) is 2.15. The van der Waals surface area contributed by atoms with Gasteiger partial charge in [0.1, 0.15) is 0 Å². The minimum absolute atomic E-state index is 0.0956. The highest BCUT2D eigenvalue weighted by Crippen LogP contribution is 1.98. The molecule has 7 heteroatoms. The van der Waals surface area contributed by atoms with Crippen molar-refractivity contribution < 1.29 is 8.42 Å². The molecule has 0 rings (SSSR count). The van der Waals surface area contributed by atoms with Crippen LogP contribution in [0.15, 0.2) is 0 Å². The number of nitrogens with one attached hydrogen (secondary N) is 2. The summed E-state index contributed by atoms with van der Waals surface area (Å²) in [6.45, 7) is 3.88. The third-order valence-electron chi connectivity index (χ3n) is 2.30. The summed E-state index contributed by atoms with van der Waals surface area (Å²) in [6.07, 6.45) is 0.802. The van der Waals surface area contributed by atoms with E-state index in [1.807, 2.05) is 33.0 Å². The highest BCUT2D eigenvalue weighted by molar-refractivity contribution is 7.87. The van der Waals surface area contributed by atoms with Crippen molar-refractivity contribution in [2.45, 2.75) is 19.4 Å². The van der Waals surface area contributed by atoms with Gasteiger partial charge in [-0.05, 0) is 41.0 Å². The lowest BCUT2D eigenvalue weighted by atomic mass is 10.3. The van der Waals surface area contributed by atoms with Crippen LogP contribution in [0.3, 0.4) is 0 Å². The quantitative estimate of drug-likeness (QED) is 0.542. The van der Waals surface area contributed by atoms with E-state index in [0.717, 1.165) is 13.0 Å². The van der Waals surface area contributed by atoms with Crippen LogP contribution in [-0.4, -0.2) is 71.5 Å². The third-order valence-corrected chi connectivity index (χ3v) is 4.00. The van der Waals surface area contributed by atoms with Crippen molar-refractivity contribution in [2.24, 2.45) is 0 Å². The van der Waals surface area contributed by atoms with Crippen LogP contribution >= 0.6 is 0 Å². The van der Waals surface area contributed by atoms with Crippen molar-refractivity contribution in [2.75, 3.05) is 47.8 Å². The number of hydrogen-bond donors (Lipinski definition) is 2. The van der Waals surface area contributed by atoms with Crippen LogP contribution in [0, 0.1) is 0 Å². The van der Waals surface area contributed by atoms with Gasteiger partial charge in [-0.1, -0.05) is 0 Å². The predicted molar refractivity (Wildman–Crippen MR) is 71.2 cm³/mol. The van der Waals surface area contributed by atoms with Crippen LogP contribution in [0.25, 0.3) is 0 Å². The zero-order valence-electron chi connectivity index (χ0n) is 11.5. The van der Waals surface area contributed by atoms with Crippen molar-refractivity contribution in [1.29, 1.82) is 0 Å². The van der Waals surface area contributed by atoms with Crippen molar-refractivity contribution >= 4 is 10.2 Å². The number of rotatable bonds is 9. The number of nitrogens with zero attached hydrogens (tertiary/aromatic N) is 2. The summed E-state index contributed by atoms with van der Waals surface area (Å²) >= 11 is 0. The Morgan fingerprint density at radius 2 is 1.82 bits per heavy atom. The molecule has 0 aliphatic carbocycles. The van der Waals surface area contributed by atoms with E-state index in [-0.39, 0.29) is 6.04 Å². The Morgan fingerprint density at radius 3 is 2.29 bits per heavy atom. The first-order valence-electron chi connectivity index (χ1n) is 5.82. The van der Waals surface area contributed by atoms with Gasteiger partial charge in [0, 0.05) is 26.2 Å². The van der Waals surface area contributed by atoms with Crippen molar-refractivity contribution in [3.05, 3.63) is 0 Å². The molecule has 0 heterocycles. The van der Waals surface area contributed by atoms with E-state index in [1.54, 1.807) is 7.05 Å². The first-order chi connectivity index (χ1) is 7.79. The van der Waals surface area contributed by atoms with Crippen molar-refractivity contribution in [1.82, 2.24) is 19.2 Å². The fourth-order valence-corrected chi connectivity index (χ4v) is 2.66. The third kappa shape index (κ3) is 7.67. The lowest BCUT2D eigenvalue weighted by Crippen LogP contribution is -2.46. The maximum Gasteiger partial charge on any atom is 0.279 e. The SMILES string of the molecule is CNCCCN(C)S(=O)(=O)NC(C)CN(C)C. The van der Waals surface area contributed by atoms with Gasteiger partial charge in [0.05, 0.1) is 0 Å². The Morgan fingerprint density at radius 1 is 1.24 bits per heavy atom. The molecule has 0 saturated heterocycles. The Hall–Kier alpha value is -0.210. The molecule has 0 saturated carbocycles. The van der Waals surface area contributed by atoms with Crippen LogP contribution in [0.4, 0.5) is 0 Å². The zero-order chi connectivity index (χ0) is 13.5. The van der Waals surface area contributed by atoms with Gasteiger partial charge in [0.2, 0.25) is 0 Å². The molecule has 2 N–H and O–H groups in total. The molecule has 104 valence electrons. The standard InChI is InChI=1S/C10H26N4O2S/c1-10(9-13(3)4)12-17(15,16)14(5)8-6-7-11-2/h10-12H,6-9H2,1-5H3. The van der Waals surface area contributed by atoms with Gasteiger partial charge in [0.15, 0.2) is 0 Å². The van der Waals surface area contributed by atoms with Gasteiger partial charge in [0.25, 0.3) is 10.2 Å². The molecule has 0 aliphatic rings. The van der Waals surface area contributed by atoms with Gasteiger partial charge in [-0.3, -0.25) is 0 Å². The molecule has 17 heavy (non-hydrogen) atoms. The molecule has 0 fully saturated rings. The molecule has 0 spiro atoms. The molecular formula is C10H26N4O2S. The highest BCUT2D eigenvalue weighted by atomic mass is 32.2. The van der Waals surface area contributed by atoms with Crippen LogP contribution in [-0.2, 0) is 10.2 Å². The van der Waals surface area contributed by atoms with E-state index in [9.17, 15) is 8.42 Å². The number of likely N-dealkylation sites (N-methyl/N-ethyl adjacent to an activating group) is 1. The van der Waals surface area contributed by atoms with Gasteiger partial charge < -0.3 is 10.2 Å². The molecule has 1 unspecified atom stereocenters. The maximum absolute atomic E-state index is 11.9. The summed E-state index contributed by atoms with van der Waals surface area (Å²) in [6, 6.07) is -0.0956. The Bertz CT molecular complexity index is 293. The van der Waals surface area contributed by atoms with Crippen LogP contribution < -0.4 is 10.0 Å². The largest absolute Gasteiger partial charge is 0.320 e. The molecule has 0 aromatic heterocycles. The Labute approximate surface area is 106 Å². The van der Waals surface area contributed by atoms with Gasteiger partial charge in [-0.2, -0.15) is 17.4 Å². The minimum Gasteiger partial charge on any atom is -0.320 e. The maximum atomic E-state index is 11.9. The van der Waals surface area contributed by atoms with Crippen LogP contribution in [0.2, 0.25) is 0 Å². The van der Waals surface area contributed by atoms with Gasteiger partial charge in [-0.25, -0.2) is 0 Å². The fraction of sp³-hybridized carbons (Fsp3) is 1.00. The molecule has 0 aromatic carbocycles. The molecule has 6 nitrogen and oxygen atoms in total. The first-order valence-corrected chi connectivity index (χ1v) is 7.26. The Balaban J connectivity index is 4.17. The second-order valence-corrected chi connectivity index (χ2v) is 6.37. The average molecular weight is 266 g/mol. The van der Waals surface area contributed by atoms with Gasteiger partial charge >= 0.3 is 0 Å². The molecule has 1 atom stereocenters. The summed E-state index contributed by atoms with van der Waals surface area (Å²) in [5.41, 5.74) is 0. The van der Waals surface area contributed by atoms with Gasteiger partial charge in [-0.15, -0.1) is 0 Å². The second-order valence-electron chi connectivity index (χ2n) is 4.56. The smallest absolute Gasteiger partial charge is 0.279 e. The van der Waals surface area contributed by atoms with E-state index in [1.165, 1.54) is 4.31 Å². The first kappa shape index (κ1) is 16.8. The molecule has 0 bridgehead atoms. The lowest BCUT2D eigenvalue weighted by Gasteiger charge is -2.22. The summed E-state index contributed by atoms with van der Waals surface area (Å²) in [7, 11) is 3.93. The van der Waals surface area contributed by atoms with Crippen LogP contribution in [0.1, 0.15) is 13.3 Å². The van der Waals surface area contributed by atoms with E-state index in [2.05, 4.69) is 10.0 Å². The normalized spacial score (nSPS) is 14.5. The molecule has 0 aliphatic heterocycles. The van der Waals surface area contributed by atoms with E-state index in [0.29, 0.717) is 13.1 Å². The lowest BCUT2D eigenvalue weighted by molar-refractivity contribution is 0.362. The highest BCUT2D eigenvalue weighted by Gasteiger charge is 2.19. The van der Waals surface area contributed by atoms with Crippen molar-refractivity contribution in [3.63, 3.8) is 0 Å². The summed E-state index contributed by atoms with van der Waals surface area (Å²) in [5.74, 6) is 0. The summed E-state index contributed by atoms with van der Waals surface area (Å²) < 4.78 is 27.8.